The molecular weight excluding hydrogens is 719 g/mol. The Bertz CT molecular complexity index is 957. The van der Waals surface area contributed by atoms with E-state index in [1.165, 1.54) is 180 Å². The Morgan fingerprint density at radius 2 is 0.750 bits per heavy atom. The normalized spacial score (nSPS) is 13.7. The third-order valence-corrected chi connectivity index (χ3v) is 12.4. The van der Waals surface area contributed by atoms with Crippen molar-refractivity contribution in [2.45, 2.75) is 283 Å². The SMILES string of the molecule is CCCCCCCCCCC/C=C\CCCCCCCCC(O)C(=O)NC(CS(=O)(=O)O)C(O)CCCCCCCCCCCCCCCCCCCCCC. The highest BCUT2D eigenvalue weighted by molar-refractivity contribution is 7.85. The zero-order valence-corrected chi connectivity index (χ0v) is 38.0. The first-order chi connectivity index (χ1) is 27.2. The van der Waals surface area contributed by atoms with Crippen LogP contribution in [0.1, 0.15) is 264 Å². The van der Waals surface area contributed by atoms with Crippen molar-refractivity contribution in [3.8, 4) is 0 Å². The molecule has 0 aliphatic rings. The maximum absolute atomic E-state index is 12.7. The molecule has 0 aliphatic carbocycles. The number of aliphatic hydroxyl groups excluding tert-OH is 2. The lowest BCUT2D eigenvalue weighted by Gasteiger charge is -2.24. The smallest absolute Gasteiger partial charge is 0.266 e. The number of rotatable bonds is 45. The first-order valence-electron chi connectivity index (χ1n) is 24.5. The summed E-state index contributed by atoms with van der Waals surface area (Å²) in [5, 5.41) is 23.7. The maximum atomic E-state index is 12.7. The summed E-state index contributed by atoms with van der Waals surface area (Å²) in [6, 6.07) is -1.15. The van der Waals surface area contributed by atoms with Gasteiger partial charge in [0.25, 0.3) is 10.1 Å². The Labute approximate surface area is 348 Å². The molecule has 0 aromatic rings. The molecular formula is C48H95NO6S. The van der Waals surface area contributed by atoms with Crippen LogP contribution in [0.5, 0.6) is 0 Å². The number of aliphatic hydroxyl groups is 2. The second-order valence-electron chi connectivity index (χ2n) is 17.2. The van der Waals surface area contributed by atoms with Crippen LogP contribution in [0.3, 0.4) is 0 Å². The van der Waals surface area contributed by atoms with Crippen molar-refractivity contribution in [3.63, 3.8) is 0 Å². The van der Waals surface area contributed by atoms with Gasteiger partial charge in [-0.1, -0.05) is 238 Å². The fraction of sp³-hybridized carbons (Fsp3) is 0.938. The number of hydrogen-bond acceptors (Lipinski definition) is 5. The Morgan fingerprint density at radius 1 is 0.464 bits per heavy atom. The van der Waals surface area contributed by atoms with Crippen LogP contribution < -0.4 is 5.32 Å². The minimum absolute atomic E-state index is 0.293. The molecule has 0 radical (unpaired) electrons. The Hall–Kier alpha value is -0.960. The highest BCUT2D eigenvalue weighted by Gasteiger charge is 2.28. The summed E-state index contributed by atoms with van der Waals surface area (Å²) in [4.78, 5) is 12.7. The number of nitrogens with one attached hydrogen (secondary N) is 1. The van der Waals surface area contributed by atoms with Gasteiger partial charge in [0, 0.05) is 0 Å². The van der Waals surface area contributed by atoms with Gasteiger partial charge in [0.15, 0.2) is 0 Å². The molecule has 56 heavy (non-hydrogen) atoms. The second kappa shape index (κ2) is 42.2. The van der Waals surface area contributed by atoms with E-state index in [9.17, 15) is 28.0 Å². The summed E-state index contributed by atoms with van der Waals surface area (Å²) < 4.78 is 32.7. The summed E-state index contributed by atoms with van der Waals surface area (Å²) >= 11 is 0. The molecule has 4 N–H and O–H groups in total. The standard InChI is InChI=1S/C48H95NO6S/c1-3-5-7-9-11-13-15-17-19-21-23-25-26-28-30-32-34-36-38-40-42-46(50)45(44-56(53,54)55)49-48(52)47(51)43-41-39-37-35-33-31-29-27-24-22-20-18-16-14-12-10-8-6-4-2/h24,27,45-47,50-51H,3-23,25-26,28-44H2,1-2H3,(H,49,52)(H,53,54,55)/b27-24-. The van der Waals surface area contributed by atoms with Gasteiger partial charge < -0.3 is 15.5 Å². The molecule has 3 unspecified atom stereocenters. The van der Waals surface area contributed by atoms with Crippen LogP contribution in [0.25, 0.3) is 0 Å². The molecule has 0 saturated heterocycles. The van der Waals surface area contributed by atoms with Crippen LogP contribution in [-0.2, 0) is 14.9 Å². The summed E-state index contributed by atoms with van der Waals surface area (Å²) in [6.07, 6.45) is 49.5. The van der Waals surface area contributed by atoms with Gasteiger partial charge in [0.2, 0.25) is 5.91 Å². The van der Waals surface area contributed by atoms with Crippen LogP contribution in [-0.4, -0.2) is 53.1 Å². The monoisotopic (exact) mass is 814 g/mol. The van der Waals surface area contributed by atoms with E-state index in [1.54, 1.807) is 0 Å². The molecule has 0 bridgehead atoms. The Balaban J connectivity index is 3.87. The Morgan fingerprint density at radius 3 is 1.07 bits per heavy atom. The van der Waals surface area contributed by atoms with Crippen LogP contribution in [0.4, 0.5) is 0 Å². The minimum Gasteiger partial charge on any atom is -0.391 e. The van der Waals surface area contributed by atoms with E-state index < -0.39 is 40.0 Å². The van der Waals surface area contributed by atoms with E-state index in [1.807, 2.05) is 0 Å². The molecule has 0 rings (SSSR count). The molecule has 334 valence electrons. The van der Waals surface area contributed by atoms with Gasteiger partial charge in [-0.3, -0.25) is 9.35 Å². The van der Waals surface area contributed by atoms with Crippen molar-refractivity contribution in [2.75, 3.05) is 5.75 Å². The molecule has 0 aliphatic heterocycles. The van der Waals surface area contributed by atoms with Crippen molar-refractivity contribution in [3.05, 3.63) is 12.2 Å². The number of hydrogen-bond donors (Lipinski definition) is 4. The molecule has 7 nitrogen and oxygen atoms in total. The first kappa shape index (κ1) is 55.0. The molecule has 3 atom stereocenters. The van der Waals surface area contributed by atoms with E-state index in [4.69, 9.17) is 0 Å². The highest BCUT2D eigenvalue weighted by Crippen LogP contribution is 2.17. The summed E-state index contributed by atoms with van der Waals surface area (Å²) in [6.45, 7) is 4.54. The van der Waals surface area contributed by atoms with Crippen molar-refractivity contribution >= 4 is 16.0 Å². The fourth-order valence-corrected chi connectivity index (χ4v) is 8.57. The molecule has 0 aromatic heterocycles. The van der Waals surface area contributed by atoms with Crippen molar-refractivity contribution in [1.82, 2.24) is 5.32 Å². The number of allylic oxidation sites excluding steroid dienone is 2. The van der Waals surface area contributed by atoms with E-state index >= 15 is 0 Å². The summed E-state index contributed by atoms with van der Waals surface area (Å²) in [5.41, 5.74) is 0. The van der Waals surface area contributed by atoms with Crippen LogP contribution in [0, 0.1) is 0 Å². The second-order valence-corrected chi connectivity index (χ2v) is 18.7. The predicted molar refractivity (Wildman–Crippen MR) is 241 cm³/mol. The molecule has 0 spiro atoms. The van der Waals surface area contributed by atoms with E-state index in [-0.39, 0.29) is 0 Å². The van der Waals surface area contributed by atoms with Crippen LogP contribution >= 0.6 is 0 Å². The fourth-order valence-electron chi connectivity index (χ4n) is 7.81. The highest BCUT2D eigenvalue weighted by atomic mass is 32.2. The van der Waals surface area contributed by atoms with Gasteiger partial charge in [-0.2, -0.15) is 8.42 Å². The van der Waals surface area contributed by atoms with Crippen molar-refractivity contribution < 1.29 is 28.0 Å². The van der Waals surface area contributed by atoms with Gasteiger partial charge in [0.05, 0.1) is 17.9 Å². The van der Waals surface area contributed by atoms with Gasteiger partial charge >= 0.3 is 0 Å². The lowest BCUT2D eigenvalue weighted by molar-refractivity contribution is -0.131. The third kappa shape index (κ3) is 41.2. The number of amides is 1. The number of unbranched alkanes of at least 4 members (excludes halogenated alkanes) is 34. The first-order valence-corrected chi connectivity index (χ1v) is 26.1. The lowest BCUT2D eigenvalue weighted by Crippen LogP contribution is -2.50. The lowest BCUT2D eigenvalue weighted by atomic mass is 10.0. The van der Waals surface area contributed by atoms with Crippen molar-refractivity contribution in [1.29, 1.82) is 0 Å². The zero-order chi connectivity index (χ0) is 41.2. The zero-order valence-electron chi connectivity index (χ0n) is 37.1. The van der Waals surface area contributed by atoms with E-state index in [0.29, 0.717) is 19.3 Å². The average molecular weight is 814 g/mol. The molecule has 1 amide bonds. The summed E-state index contributed by atoms with van der Waals surface area (Å²) in [5.74, 6) is -1.45. The van der Waals surface area contributed by atoms with Crippen LogP contribution in [0.15, 0.2) is 12.2 Å². The minimum atomic E-state index is -4.41. The largest absolute Gasteiger partial charge is 0.391 e. The third-order valence-electron chi connectivity index (χ3n) is 11.6. The molecule has 0 fully saturated rings. The molecule has 0 heterocycles. The van der Waals surface area contributed by atoms with E-state index in [2.05, 4.69) is 31.3 Å². The van der Waals surface area contributed by atoms with Gasteiger partial charge in [0.1, 0.15) is 6.10 Å². The molecule has 0 saturated carbocycles. The van der Waals surface area contributed by atoms with E-state index in [0.717, 1.165) is 51.4 Å². The quantitative estimate of drug-likeness (QED) is 0.0276. The van der Waals surface area contributed by atoms with Crippen LogP contribution in [0.2, 0.25) is 0 Å². The van der Waals surface area contributed by atoms with Gasteiger partial charge in [-0.15, -0.1) is 0 Å². The number of carbonyl (C=O) groups is 1. The maximum Gasteiger partial charge on any atom is 0.266 e. The Kier molecular flexibility index (Phi) is 41.5. The summed E-state index contributed by atoms with van der Waals surface area (Å²) in [7, 11) is -4.41. The molecule has 8 heteroatoms. The van der Waals surface area contributed by atoms with Crippen molar-refractivity contribution in [2.24, 2.45) is 0 Å². The topological polar surface area (TPSA) is 124 Å². The predicted octanol–water partition coefficient (Wildman–Crippen LogP) is 13.9. The number of carbonyl (C=O) groups excluding carboxylic acids is 1. The average Bonchev–Trinajstić information content (AvgIpc) is 3.17. The molecule has 0 aromatic carbocycles. The van der Waals surface area contributed by atoms with Gasteiger partial charge in [-0.25, -0.2) is 0 Å². The van der Waals surface area contributed by atoms with Gasteiger partial charge in [-0.05, 0) is 38.5 Å².